The van der Waals surface area contributed by atoms with E-state index in [1.54, 1.807) is 7.11 Å². The number of carbonyl (C=O) groups is 1. The maximum atomic E-state index is 11.8. The van der Waals surface area contributed by atoms with Gasteiger partial charge in [0.25, 0.3) is 5.91 Å². The van der Waals surface area contributed by atoms with Gasteiger partial charge in [-0.15, -0.1) is 0 Å². The Morgan fingerprint density at radius 3 is 3.00 bits per heavy atom. The second-order valence-electron chi connectivity index (χ2n) is 3.63. The molecule has 86 valence electrons. The molecule has 0 aliphatic carbocycles. The molecular formula is C12H15NO3. The van der Waals surface area contributed by atoms with Crippen LogP contribution in [0.3, 0.4) is 0 Å². The number of ether oxygens (including phenoxy) is 2. The Kier molecular flexibility index (Phi) is 2.99. The average molecular weight is 221 g/mol. The van der Waals surface area contributed by atoms with Gasteiger partial charge in [0.05, 0.1) is 19.2 Å². The number of amides is 1. The maximum absolute atomic E-state index is 11.8. The molecule has 0 saturated heterocycles. The molecule has 0 fully saturated rings. The van der Waals surface area contributed by atoms with Crippen molar-refractivity contribution in [1.29, 1.82) is 0 Å². The van der Waals surface area contributed by atoms with Crippen LogP contribution >= 0.6 is 0 Å². The number of aryl methyl sites for hydroxylation is 1. The monoisotopic (exact) mass is 221 g/mol. The van der Waals surface area contributed by atoms with Crippen molar-refractivity contribution in [2.75, 3.05) is 20.3 Å². The third kappa shape index (κ3) is 1.83. The van der Waals surface area contributed by atoms with Gasteiger partial charge in [0.1, 0.15) is 6.61 Å². The van der Waals surface area contributed by atoms with Crippen LogP contribution in [0.2, 0.25) is 0 Å². The third-order valence-corrected chi connectivity index (χ3v) is 2.62. The van der Waals surface area contributed by atoms with Gasteiger partial charge >= 0.3 is 0 Å². The minimum Gasteiger partial charge on any atom is -0.493 e. The second-order valence-corrected chi connectivity index (χ2v) is 3.63. The van der Waals surface area contributed by atoms with E-state index >= 15 is 0 Å². The van der Waals surface area contributed by atoms with Crippen molar-refractivity contribution in [3.63, 3.8) is 0 Å². The molecule has 1 aliphatic rings. The molecule has 1 amide bonds. The number of methoxy groups -OCH3 is 1. The molecule has 0 atom stereocenters. The number of hydrogen-bond acceptors (Lipinski definition) is 3. The summed E-state index contributed by atoms with van der Waals surface area (Å²) in [5.41, 5.74) is 1.63. The second kappa shape index (κ2) is 4.43. The van der Waals surface area contributed by atoms with E-state index in [4.69, 9.17) is 9.47 Å². The summed E-state index contributed by atoms with van der Waals surface area (Å²) in [4.78, 5) is 11.8. The molecule has 1 N–H and O–H groups in total. The molecule has 0 aromatic heterocycles. The summed E-state index contributed by atoms with van der Waals surface area (Å²) in [7, 11) is 1.58. The molecular weight excluding hydrogens is 206 g/mol. The van der Waals surface area contributed by atoms with Gasteiger partial charge in [-0.05, 0) is 24.1 Å². The van der Waals surface area contributed by atoms with Gasteiger partial charge in [-0.1, -0.05) is 6.92 Å². The van der Waals surface area contributed by atoms with Gasteiger partial charge in [0.2, 0.25) is 0 Å². The Balaban J connectivity index is 2.56. The molecule has 0 unspecified atom stereocenters. The fourth-order valence-electron chi connectivity index (χ4n) is 1.75. The number of nitrogens with one attached hydrogen (secondary N) is 1. The van der Waals surface area contributed by atoms with E-state index in [0.29, 0.717) is 30.2 Å². The van der Waals surface area contributed by atoms with Crippen LogP contribution in [0.1, 0.15) is 22.8 Å². The summed E-state index contributed by atoms with van der Waals surface area (Å²) < 4.78 is 10.8. The number of benzene rings is 1. The topological polar surface area (TPSA) is 47.6 Å². The Hall–Kier alpha value is -1.71. The van der Waals surface area contributed by atoms with E-state index < -0.39 is 0 Å². The molecule has 4 heteroatoms. The number of carbonyl (C=O) groups excluding carboxylic acids is 1. The van der Waals surface area contributed by atoms with Gasteiger partial charge in [-0.2, -0.15) is 0 Å². The molecule has 0 radical (unpaired) electrons. The van der Waals surface area contributed by atoms with Crippen LogP contribution in [-0.2, 0) is 6.42 Å². The smallest absolute Gasteiger partial charge is 0.255 e. The highest BCUT2D eigenvalue weighted by Crippen LogP contribution is 2.33. The Labute approximate surface area is 94.6 Å². The molecule has 2 rings (SSSR count). The summed E-state index contributed by atoms with van der Waals surface area (Å²) in [6.45, 7) is 3.04. The minimum atomic E-state index is -0.0962. The van der Waals surface area contributed by atoms with Crippen LogP contribution in [0.25, 0.3) is 0 Å². The zero-order valence-electron chi connectivity index (χ0n) is 9.50. The van der Waals surface area contributed by atoms with E-state index in [0.717, 1.165) is 12.0 Å². The van der Waals surface area contributed by atoms with Crippen LogP contribution in [-0.4, -0.2) is 26.2 Å². The maximum Gasteiger partial charge on any atom is 0.255 e. The van der Waals surface area contributed by atoms with Gasteiger partial charge < -0.3 is 14.8 Å². The lowest BCUT2D eigenvalue weighted by Crippen LogP contribution is -2.24. The lowest BCUT2D eigenvalue weighted by Gasteiger charge is -2.12. The van der Waals surface area contributed by atoms with E-state index in [1.165, 1.54) is 0 Å². The molecule has 0 saturated carbocycles. The number of fused-ring (bicyclic) bond motifs is 1. The summed E-state index contributed by atoms with van der Waals surface area (Å²) in [5.74, 6) is 1.09. The van der Waals surface area contributed by atoms with E-state index in [1.807, 2.05) is 19.1 Å². The first kappa shape index (κ1) is 10.8. The quantitative estimate of drug-likeness (QED) is 0.820. The molecule has 0 spiro atoms. The van der Waals surface area contributed by atoms with E-state index in [9.17, 15) is 4.79 Å². The molecule has 1 heterocycles. The Morgan fingerprint density at radius 2 is 2.31 bits per heavy atom. The first-order chi connectivity index (χ1) is 7.76. The molecule has 1 aromatic carbocycles. The molecule has 0 bridgehead atoms. The van der Waals surface area contributed by atoms with E-state index in [-0.39, 0.29) is 5.91 Å². The minimum absolute atomic E-state index is 0.0962. The number of hydrogen-bond donors (Lipinski definition) is 1. The molecule has 4 nitrogen and oxygen atoms in total. The van der Waals surface area contributed by atoms with Crippen molar-refractivity contribution in [2.45, 2.75) is 13.3 Å². The highest BCUT2D eigenvalue weighted by molar-refractivity contribution is 5.98. The van der Waals surface area contributed by atoms with E-state index in [2.05, 4.69) is 5.32 Å². The molecule has 1 aliphatic heterocycles. The lowest BCUT2D eigenvalue weighted by molar-refractivity contribution is 0.0957. The first-order valence-corrected chi connectivity index (χ1v) is 5.38. The largest absolute Gasteiger partial charge is 0.493 e. The van der Waals surface area contributed by atoms with Crippen molar-refractivity contribution < 1.29 is 14.3 Å². The SMILES string of the molecule is CCc1cc(OC)c2c(c1)C(=O)NCCO2. The fraction of sp³-hybridized carbons (Fsp3) is 0.417. The van der Waals surface area contributed by atoms with Gasteiger partial charge in [-0.25, -0.2) is 0 Å². The van der Waals surface area contributed by atoms with Crippen molar-refractivity contribution in [1.82, 2.24) is 5.32 Å². The zero-order chi connectivity index (χ0) is 11.5. The summed E-state index contributed by atoms with van der Waals surface area (Å²) in [6.07, 6.45) is 0.858. The normalized spacial score (nSPS) is 14.5. The first-order valence-electron chi connectivity index (χ1n) is 5.38. The summed E-state index contributed by atoms with van der Waals surface area (Å²) in [5, 5.41) is 2.78. The van der Waals surface area contributed by atoms with Crippen LogP contribution < -0.4 is 14.8 Å². The predicted molar refractivity (Wildman–Crippen MR) is 60.2 cm³/mol. The van der Waals surface area contributed by atoms with Gasteiger partial charge in [0, 0.05) is 0 Å². The highest BCUT2D eigenvalue weighted by atomic mass is 16.5. The van der Waals surface area contributed by atoms with Crippen LogP contribution in [0.15, 0.2) is 12.1 Å². The third-order valence-electron chi connectivity index (χ3n) is 2.62. The van der Waals surface area contributed by atoms with Crippen LogP contribution in [0.5, 0.6) is 11.5 Å². The summed E-state index contributed by atoms with van der Waals surface area (Å²) >= 11 is 0. The van der Waals surface area contributed by atoms with Crippen molar-refractivity contribution in [3.8, 4) is 11.5 Å². The lowest BCUT2D eigenvalue weighted by atomic mass is 10.1. The number of rotatable bonds is 2. The van der Waals surface area contributed by atoms with Crippen LogP contribution in [0, 0.1) is 0 Å². The fourth-order valence-corrected chi connectivity index (χ4v) is 1.75. The predicted octanol–water partition coefficient (Wildman–Crippen LogP) is 1.38. The molecule has 16 heavy (non-hydrogen) atoms. The van der Waals surface area contributed by atoms with Crippen molar-refractivity contribution >= 4 is 5.91 Å². The highest BCUT2D eigenvalue weighted by Gasteiger charge is 2.21. The van der Waals surface area contributed by atoms with Gasteiger partial charge in [0.15, 0.2) is 11.5 Å². The van der Waals surface area contributed by atoms with Gasteiger partial charge in [-0.3, -0.25) is 4.79 Å². The standard InChI is InChI=1S/C12H15NO3/c1-3-8-6-9-11(10(7-8)15-2)16-5-4-13-12(9)14/h6-7H,3-5H2,1-2H3,(H,13,14). The van der Waals surface area contributed by atoms with Crippen molar-refractivity contribution in [2.24, 2.45) is 0 Å². The summed E-state index contributed by atoms with van der Waals surface area (Å²) in [6, 6.07) is 3.77. The molecule has 1 aromatic rings. The Morgan fingerprint density at radius 1 is 1.50 bits per heavy atom. The van der Waals surface area contributed by atoms with Crippen molar-refractivity contribution in [3.05, 3.63) is 23.3 Å². The Bertz CT molecular complexity index is 415. The zero-order valence-corrected chi connectivity index (χ0v) is 9.50. The average Bonchev–Trinajstić information content (AvgIpc) is 2.50. The van der Waals surface area contributed by atoms with Crippen LogP contribution in [0.4, 0.5) is 0 Å².